The molecule has 1 aliphatic heterocycles. The molecule has 3 heteroatoms. The molecule has 1 aliphatic rings. The van der Waals surface area contributed by atoms with Crippen LogP contribution in [0.15, 0.2) is 127 Å². The lowest BCUT2D eigenvalue weighted by Crippen LogP contribution is -2.09. The Labute approximate surface area is 193 Å². The fraction of sp³-hybridized carbons (Fsp3) is 0. The smallest absolute Gasteiger partial charge is 0.170 e. The molecule has 3 nitrogen and oxygen atoms in total. The highest BCUT2D eigenvalue weighted by atomic mass is 16.6. The first-order chi connectivity index (χ1) is 16.3. The van der Waals surface area contributed by atoms with E-state index >= 15 is 0 Å². The molecule has 0 N–H and O–H groups in total. The number of anilines is 3. The fourth-order valence-corrected chi connectivity index (χ4v) is 4.11. The van der Waals surface area contributed by atoms with E-state index in [1.807, 2.05) is 48.5 Å². The zero-order valence-corrected chi connectivity index (χ0v) is 17.9. The van der Waals surface area contributed by atoms with E-state index in [0.29, 0.717) is 0 Å². The second-order valence-electron chi connectivity index (χ2n) is 7.87. The zero-order chi connectivity index (χ0) is 22.0. The molecule has 0 spiro atoms. The van der Waals surface area contributed by atoms with Crippen LogP contribution in [0.25, 0.3) is 11.1 Å². The van der Waals surface area contributed by atoms with Crippen LogP contribution in [-0.2, 0) is 0 Å². The van der Waals surface area contributed by atoms with Gasteiger partial charge in [0.05, 0.1) is 0 Å². The largest absolute Gasteiger partial charge is 0.450 e. The minimum Gasteiger partial charge on any atom is -0.450 e. The second-order valence-corrected chi connectivity index (χ2v) is 7.87. The Morgan fingerprint density at radius 3 is 1.42 bits per heavy atom. The number of hydrogen-bond donors (Lipinski definition) is 0. The Bertz CT molecular complexity index is 1360. The van der Waals surface area contributed by atoms with Gasteiger partial charge in [0.1, 0.15) is 0 Å². The zero-order valence-electron chi connectivity index (χ0n) is 17.9. The first kappa shape index (κ1) is 19.2. The molecule has 0 unspecified atom stereocenters. The first-order valence-corrected chi connectivity index (χ1v) is 10.9. The monoisotopic (exact) mass is 427 g/mol. The van der Waals surface area contributed by atoms with E-state index in [4.69, 9.17) is 9.47 Å². The molecule has 0 radical (unpaired) electrons. The molecule has 5 aromatic carbocycles. The summed E-state index contributed by atoms with van der Waals surface area (Å²) in [4.78, 5) is 2.25. The van der Waals surface area contributed by atoms with Gasteiger partial charge in [-0.3, -0.25) is 0 Å². The number of nitrogens with zero attached hydrogens (tertiary/aromatic N) is 1. The van der Waals surface area contributed by atoms with E-state index in [9.17, 15) is 0 Å². The molecule has 1 heterocycles. The highest BCUT2D eigenvalue weighted by Crippen LogP contribution is 2.46. The van der Waals surface area contributed by atoms with Crippen molar-refractivity contribution in [2.75, 3.05) is 4.90 Å². The number of rotatable bonds is 4. The summed E-state index contributed by atoms with van der Waals surface area (Å²) in [6, 6.07) is 43.2. The molecule has 0 bridgehead atoms. The van der Waals surface area contributed by atoms with Crippen LogP contribution < -0.4 is 14.4 Å². The summed E-state index contributed by atoms with van der Waals surface area (Å²) < 4.78 is 12.1. The Morgan fingerprint density at radius 2 is 0.818 bits per heavy atom. The van der Waals surface area contributed by atoms with Crippen LogP contribution in [-0.4, -0.2) is 0 Å². The lowest BCUT2D eigenvalue weighted by molar-refractivity contribution is 0.360. The van der Waals surface area contributed by atoms with Gasteiger partial charge in [0, 0.05) is 17.1 Å². The van der Waals surface area contributed by atoms with E-state index in [1.165, 1.54) is 0 Å². The van der Waals surface area contributed by atoms with E-state index in [0.717, 1.165) is 51.2 Å². The summed E-state index contributed by atoms with van der Waals surface area (Å²) in [5.41, 5.74) is 5.53. The maximum Gasteiger partial charge on any atom is 0.170 e. The Kier molecular flexibility index (Phi) is 4.78. The standard InChI is InChI=1S/C30H21NO2/c1-3-9-24(10-4-1)31(25-11-5-2-6-12-25)26-18-15-22(16-19-26)23-17-20-29-30(21-23)33-28-14-8-7-13-27(28)32-29/h1-21H. The number of ether oxygens (including phenoxy) is 2. The molecule has 6 rings (SSSR count). The van der Waals surface area contributed by atoms with Gasteiger partial charge in [0.15, 0.2) is 23.0 Å². The van der Waals surface area contributed by atoms with Gasteiger partial charge in [0.25, 0.3) is 0 Å². The summed E-state index contributed by atoms with van der Waals surface area (Å²) in [6.07, 6.45) is 0. The Morgan fingerprint density at radius 1 is 0.364 bits per heavy atom. The highest BCUT2D eigenvalue weighted by molar-refractivity contribution is 5.78. The van der Waals surface area contributed by atoms with E-state index in [1.54, 1.807) is 0 Å². The average molecular weight is 428 g/mol. The third-order valence-electron chi connectivity index (χ3n) is 5.72. The van der Waals surface area contributed by atoms with Crippen LogP contribution in [0.2, 0.25) is 0 Å². The van der Waals surface area contributed by atoms with Crippen LogP contribution in [0.3, 0.4) is 0 Å². The molecular weight excluding hydrogens is 406 g/mol. The molecule has 0 aromatic heterocycles. The topological polar surface area (TPSA) is 21.7 Å². The van der Waals surface area contributed by atoms with Crippen LogP contribution >= 0.6 is 0 Å². The second kappa shape index (κ2) is 8.21. The van der Waals surface area contributed by atoms with Crippen molar-refractivity contribution in [2.24, 2.45) is 0 Å². The van der Waals surface area contributed by atoms with E-state index in [2.05, 4.69) is 83.8 Å². The SMILES string of the molecule is c1ccc(N(c2ccccc2)c2ccc(-c3ccc4c(c3)Oc3ccccc3O4)cc2)cc1. The van der Waals surface area contributed by atoms with E-state index in [-0.39, 0.29) is 0 Å². The molecule has 0 saturated carbocycles. The van der Waals surface area contributed by atoms with Gasteiger partial charge >= 0.3 is 0 Å². The van der Waals surface area contributed by atoms with Crippen molar-refractivity contribution in [3.05, 3.63) is 127 Å². The maximum atomic E-state index is 6.08. The molecule has 0 fully saturated rings. The highest BCUT2D eigenvalue weighted by Gasteiger charge is 2.19. The predicted molar refractivity (Wildman–Crippen MR) is 133 cm³/mol. The molecule has 0 atom stereocenters. The van der Waals surface area contributed by atoms with Crippen molar-refractivity contribution in [3.63, 3.8) is 0 Å². The van der Waals surface area contributed by atoms with Gasteiger partial charge in [-0.1, -0.05) is 66.7 Å². The van der Waals surface area contributed by atoms with Crippen molar-refractivity contribution in [1.82, 2.24) is 0 Å². The summed E-state index contributed by atoms with van der Waals surface area (Å²) in [7, 11) is 0. The number of benzene rings is 5. The quantitative estimate of drug-likeness (QED) is 0.281. The van der Waals surface area contributed by atoms with Gasteiger partial charge in [-0.2, -0.15) is 0 Å². The van der Waals surface area contributed by atoms with Gasteiger partial charge in [-0.25, -0.2) is 0 Å². The summed E-state index contributed by atoms with van der Waals surface area (Å²) >= 11 is 0. The summed E-state index contributed by atoms with van der Waals surface area (Å²) in [5.74, 6) is 2.93. The average Bonchev–Trinajstić information content (AvgIpc) is 2.89. The van der Waals surface area contributed by atoms with Gasteiger partial charge in [-0.15, -0.1) is 0 Å². The van der Waals surface area contributed by atoms with Gasteiger partial charge < -0.3 is 14.4 Å². The number of hydrogen-bond acceptors (Lipinski definition) is 3. The molecule has 0 aliphatic carbocycles. The van der Waals surface area contributed by atoms with E-state index < -0.39 is 0 Å². The normalized spacial score (nSPS) is 11.5. The molecule has 5 aromatic rings. The van der Waals surface area contributed by atoms with Gasteiger partial charge in [-0.05, 0) is 71.8 Å². The first-order valence-electron chi connectivity index (χ1n) is 10.9. The number of para-hydroxylation sites is 4. The molecular formula is C30H21NO2. The fourth-order valence-electron chi connectivity index (χ4n) is 4.11. The minimum absolute atomic E-state index is 0.727. The van der Waals surface area contributed by atoms with Crippen LogP contribution in [0, 0.1) is 0 Å². The summed E-state index contributed by atoms with van der Waals surface area (Å²) in [6.45, 7) is 0. The Balaban J connectivity index is 1.33. The van der Waals surface area contributed by atoms with Crippen molar-refractivity contribution < 1.29 is 9.47 Å². The lowest BCUT2D eigenvalue weighted by atomic mass is 10.0. The number of fused-ring (bicyclic) bond motifs is 2. The summed E-state index contributed by atoms with van der Waals surface area (Å²) in [5, 5.41) is 0. The molecule has 158 valence electrons. The third kappa shape index (κ3) is 3.70. The maximum absolute atomic E-state index is 6.08. The van der Waals surface area contributed by atoms with Crippen molar-refractivity contribution in [1.29, 1.82) is 0 Å². The van der Waals surface area contributed by atoms with Crippen LogP contribution in [0.1, 0.15) is 0 Å². The van der Waals surface area contributed by atoms with Crippen molar-refractivity contribution in [3.8, 4) is 34.1 Å². The Hall–Kier alpha value is -4.50. The van der Waals surface area contributed by atoms with Crippen LogP contribution in [0.4, 0.5) is 17.1 Å². The molecule has 0 saturated heterocycles. The van der Waals surface area contributed by atoms with Gasteiger partial charge in [0.2, 0.25) is 0 Å². The lowest BCUT2D eigenvalue weighted by Gasteiger charge is -2.25. The van der Waals surface area contributed by atoms with Crippen molar-refractivity contribution in [2.45, 2.75) is 0 Å². The third-order valence-corrected chi connectivity index (χ3v) is 5.72. The molecule has 33 heavy (non-hydrogen) atoms. The van der Waals surface area contributed by atoms with Crippen LogP contribution in [0.5, 0.6) is 23.0 Å². The van der Waals surface area contributed by atoms with Crippen molar-refractivity contribution >= 4 is 17.1 Å². The minimum atomic E-state index is 0.727. The predicted octanol–water partition coefficient (Wildman–Crippen LogP) is 8.72. The molecule has 0 amide bonds.